The van der Waals surface area contributed by atoms with Gasteiger partial charge in [-0.15, -0.1) is 6.58 Å². The average Bonchev–Trinajstić information content (AvgIpc) is 4.06. The van der Waals surface area contributed by atoms with Gasteiger partial charge >= 0.3 is 0 Å². The normalized spacial score (nSPS) is 33.5. The zero-order valence-electron chi connectivity index (χ0n) is 34.5. The van der Waals surface area contributed by atoms with Crippen molar-refractivity contribution in [1.82, 2.24) is 30.5 Å². The van der Waals surface area contributed by atoms with Crippen molar-refractivity contribution in [2.45, 2.75) is 153 Å². The molecule has 4 N–H and O–H groups in total. The van der Waals surface area contributed by atoms with Gasteiger partial charge in [0.15, 0.2) is 0 Å². The van der Waals surface area contributed by atoms with Crippen LogP contribution in [0.4, 0.5) is 0 Å². The largest absolute Gasteiger partial charge is 0.344 e. The third kappa shape index (κ3) is 6.89. The molecule has 0 unspecified atom stereocenters. The highest BCUT2D eigenvalue weighted by molar-refractivity contribution is 7.91. The molecule has 5 amide bonds. The van der Waals surface area contributed by atoms with Crippen molar-refractivity contribution >= 4 is 39.6 Å². The molecule has 5 aliphatic carbocycles. The van der Waals surface area contributed by atoms with Crippen LogP contribution in [-0.4, -0.2) is 103 Å². The number of carbonyl (C=O) groups is 5. The molecule has 0 aromatic heterocycles. The summed E-state index contributed by atoms with van der Waals surface area (Å²) >= 11 is 0. The zero-order valence-corrected chi connectivity index (χ0v) is 35.3. The van der Waals surface area contributed by atoms with Crippen molar-refractivity contribution in [3.8, 4) is 0 Å². The fourth-order valence-corrected chi connectivity index (χ4v) is 13.0. The van der Waals surface area contributed by atoms with Crippen molar-refractivity contribution in [1.29, 1.82) is 0 Å². The van der Waals surface area contributed by atoms with Gasteiger partial charge in [0.05, 0.1) is 11.2 Å². The molecule has 2 saturated heterocycles. The Kier molecular flexibility index (Phi) is 10.6. The van der Waals surface area contributed by atoms with E-state index in [-0.39, 0.29) is 52.2 Å². The van der Waals surface area contributed by atoms with Gasteiger partial charge in [-0.05, 0) is 100.0 Å². The molecule has 0 radical (unpaired) electrons. The molecule has 7 aliphatic rings. The number of hydrogen-bond acceptors (Lipinski definition) is 8. The predicted octanol–water partition coefficient (Wildman–Crippen LogP) is 3.39. The number of piperidine rings is 1. The van der Waals surface area contributed by atoms with E-state index in [9.17, 15) is 27.6 Å². The molecule has 0 aromatic rings. The fraction of sp³-hybridized carbons (Fsp3) is 0.833. The van der Waals surface area contributed by atoms with E-state index in [1.807, 2.05) is 27.8 Å². The maximum Gasteiger partial charge on any atom is 0.259 e. The van der Waals surface area contributed by atoms with E-state index in [0.717, 1.165) is 70.8 Å². The van der Waals surface area contributed by atoms with Crippen molar-refractivity contribution in [2.75, 3.05) is 26.7 Å². The number of sulfonamides is 1. The fourth-order valence-electron chi connectivity index (χ4n) is 11.6. The predicted molar refractivity (Wildman–Crippen MR) is 212 cm³/mol. The molecular formula is C42H66N6O7S. The van der Waals surface area contributed by atoms with E-state index in [1.165, 1.54) is 0 Å². The van der Waals surface area contributed by atoms with Crippen LogP contribution in [-0.2, 0) is 34.0 Å². The summed E-state index contributed by atoms with van der Waals surface area (Å²) in [5, 5.41) is 8.63. The van der Waals surface area contributed by atoms with Crippen molar-refractivity contribution < 1.29 is 32.4 Å². The first kappa shape index (κ1) is 41.2. The lowest BCUT2D eigenvalue weighted by Crippen LogP contribution is -2.62. The van der Waals surface area contributed by atoms with Crippen molar-refractivity contribution in [3.63, 3.8) is 0 Å². The molecule has 312 valence electrons. The SMILES string of the molecule is C=C[C@@H]1C[C@]1(NC(=O)[C@@H]1C[C@@]2(CN1C(=O)[C@@H](NC(=O)[C@@H](NC(=O)[C@@H]1CCCN(C)C1)C1CCCCC1)C(C)(C)C)C(C)(C)C21CCC1)C(=O)NS(=O)(=O)C1CC1. The van der Waals surface area contributed by atoms with Crippen molar-refractivity contribution in [2.24, 2.45) is 39.4 Å². The molecule has 0 bridgehead atoms. The van der Waals surface area contributed by atoms with Crippen LogP contribution in [0.15, 0.2) is 12.7 Å². The van der Waals surface area contributed by atoms with Crippen LogP contribution in [0.5, 0.6) is 0 Å². The number of nitrogens with zero attached hydrogens (tertiary/aromatic N) is 2. The lowest BCUT2D eigenvalue weighted by Gasteiger charge is -2.38. The number of hydrogen-bond donors (Lipinski definition) is 4. The monoisotopic (exact) mass is 798 g/mol. The Morgan fingerprint density at radius 2 is 1.54 bits per heavy atom. The highest BCUT2D eigenvalue weighted by atomic mass is 32.2. The molecule has 2 aliphatic heterocycles. The second kappa shape index (κ2) is 14.4. The lowest BCUT2D eigenvalue weighted by molar-refractivity contribution is -0.145. The van der Waals surface area contributed by atoms with Crippen LogP contribution < -0.4 is 20.7 Å². The smallest absolute Gasteiger partial charge is 0.259 e. The number of nitrogens with one attached hydrogen (secondary N) is 4. The number of rotatable bonds is 12. The van der Waals surface area contributed by atoms with Gasteiger partial charge in [-0.3, -0.25) is 28.7 Å². The Morgan fingerprint density at radius 3 is 2.07 bits per heavy atom. The molecule has 2 heterocycles. The third-order valence-corrected chi connectivity index (χ3v) is 17.6. The number of carbonyl (C=O) groups excluding carboxylic acids is 5. The molecule has 13 nitrogen and oxygen atoms in total. The molecule has 0 aromatic carbocycles. The van der Waals surface area contributed by atoms with Crippen LogP contribution in [0.25, 0.3) is 0 Å². The first-order valence-corrected chi connectivity index (χ1v) is 22.9. The van der Waals surface area contributed by atoms with Crippen LogP contribution in [0, 0.1) is 39.4 Å². The third-order valence-electron chi connectivity index (χ3n) is 15.7. The minimum absolute atomic E-state index is 0.00573. The summed E-state index contributed by atoms with van der Waals surface area (Å²) in [6, 6.07) is -2.73. The highest BCUT2D eigenvalue weighted by Crippen LogP contribution is 2.88. The Morgan fingerprint density at radius 1 is 0.857 bits per heavy atom. The van der Waals surface area contributed by atoms with Crippen LogP contribution in [0.2, 0.25) is 0 Å². The topological polar surface area (TPSA) is 174 Å². The summed E-state index contributed by atoms with van der Waals surface area (Å²) in [6.07, 6.45) is 12.6. The van der Waals surface area contributed by atoms with Crippen LogP contribution in [0.3, 0.4) is 0 Å². The molecule has 14 heteroatoms. The summed E-state index contributed by atoms with van der Waals surface area (Å²) < 4.78 is 27.8. The van der Waals surface area contributed by atoms with Gasteiger partial charge in [0.25, 0.3) is 5.91 Å². The standard InChI is InChI=1S/C42H66N6O7S/c1-8-28-22-42(28,37(53)46-56(54,55)29-17-18-29)45-34(50)30-23-41(39(5,6)40(41)19-13-20-40)25-48(30)36(52)32(38(2,3)4)44-35(51)31(26-14-10-9-11-15-26)43-33(49)27-16-12-21-47(7)24-27/h8,26-32H,1,9-25H2,2-7H3,(H,43,49)(H,44,51)(H,45,50)(H,46,53)/t27-,28-,30+,31+,32-,41-,42-/m1/s1. The molecule has 7 fully saturated rings. The second-order valence-corrected chi connectivity index (χ2v) is 22.3. The van der Waals surface area contributed by atoms with Crippen LogP contribution in [0.1, 0.15) is 125 Å². The Labute approximate surface area is 333 Å². The summed E-state index contributed by atoms with van der Waals surface area (Å²) in [5.74, 6) is -2.86. The van der Waals surface area contributed by atoms with E-state index in [4.69, 9.17) is 0 Å². The summed E-state index contributed by atoms with van der Waals surface area (Å²) in [6.45, 7) is 15.9. The molecule has 2 spiro atoms. The van der Waals surface area contributed by atoms with E-state index in [2.05, 4.69) is 46.0 Å². The van der Waals surface area contributed by atoms with E-state index >= 15 is 4.79 Å². The van der Waals surface area contributed by atoms with Gasteiger partial charge in [-0.2, -0.15) is 0 Å². The number of fused-ring (bicyclic) bond motifs is 1. The Hall–Kier alpha value is -3.00. The van der Waals surface area contributed by atoms with Crippen LogP contribution >= 0.6 is 0 Å². The Balaban J connectivity index is 1.15. The molecule has 7 atom stereocenters. The van der Waals surface area contributed by atoms with E-state index in [1.54, 1.807) is 11.0 Å². The van der Waals surface area contributed by atoms with Gasteiger partial charge in [0, 0.05) is 24.4 Å². The Bertz CT molecular complexity index is 1740. The molecule has 7 rings (SSSR count). The summed E-state index contributed by atoms with van der Waals surface area (Å²) in [4.78, 5) is 75.5. The van der Waals surface area contributed by atoms with Gasteiger partial charge in [0.2, 0.25) is 33.7 Å². The van der Waals surface area contributed by atoms with Gasteiger partial charge in [0.1, 0.15) is 23.7 Å². The first-order valence-electron chi connectivity index (χ1n) is 21.3. The molecule has 56 heavy (non-hydrogen) atoms. The zero-order chi connectivity index (χ0) is 40.6. The summed E-state index contributed by atoms with van der Waals surface area (Å²) in [5.41, 5.74) is -2.69. The lowest BCUT2D eigenvalue weighted by atomic mass is 9.73. The second-order valence-electron chi connectivity index (χ2n) is 20.3. The minimum Gasteiger partial charge on any atom is -0.344 e. The van der Waals surface area contributed by atoms with Gasteiger partial charge < -0.3 is 25.8 Å². The van der Waals surface area contributed by atoms with Gasteiger partial charge in [-0.1, -0.05) is 66.4 Å². The van der Waals surface area contributed by atoms with E-state index in [0.29, 0.717) is 32.4 Å². The van der Waals surface area contributed by atoms with Gasteiger partial charge in [-0.25, -0.2) is 8.42 Å². The maximum absolute atomic E-state index is 15.2. The number of likely N-dealkylation sites (tertiary alicyclic amines) is 2. The number of amides is 5. The van der Waals surface area contributed by atoms with E-state index < -0.39 is 62.1 Å². The van der Waals surface area contributed by atoms with Crippen molar-refractivity contribution in [3.05, 3.63) is 12.7 Å². The molecule has 5 saturated carbocycles. The highest BCUT2D eigenvalue weighted by Gasteiger charge is 2.85. The maximum atomic E-state index is 15.2. The summed E-state index contributed by atoms with van der Waals surface area (Å²) in [7, 11) is -1.86. The average molecular weight is 799 g/mol. The minimum atomic E-state index is -3.86. The first-order chi connectivity index (χ1) is 26.2. The quantitative estimate of drug-likeness (QED) is 0.218. The molecular weight excluding hydrogens is 733 g/mol.